The van der Waals surface area contributed by atoms with Crippen LogP contribution in [0.15, 0.2) is 60.9 Å². The molecular formula is C20H18ClFN4O. The Morgan fingerprint density at radius 1 is 1.04 bits per heavy atom. The van der Waals surface area contributed by atoms with Gasteiger partial charge in [0.25, 0.3) is 5.91 Å². The Hall–Kier alpha value is -2.99. The zero-order chi connectivity index (χ0) is 19.1. The summed E-state index contributed by atoms with van der Waals surface area (Å²) in [6, 6.07) is 13.9. The maximum atomic E-state index is 13.6. The molecule has 0 radical (unpaired) electrons. The van der Waals surface area contributed by atoms with Gasteiger partial charge in [-0.2, -0.15) is 0 Å². The summed E-state index contributed by atoms with van der Waals surface area (Å²) >= 11 is 5.86. The van der Waals surface area contributed by atoms with E-state index >= 15 is 0 Å². The predicted octanol–water partition coefficient (Wildman–Crippen LogP) is 3.85. The smallest absolute Gasteiger partial charge is 0.254 e. The molecule has 0 saturated carbocycles. The topological polar surface area (TPSA) is 66.9 Å². The van der Waals surface area contributed by atoms with Gasteiger partial charge in [0.15, 0.2) is 0 Å². The molecule has 3 rings (SSSR count). The first-order valence-corrected chi connectivity index (χ1v) is 8.81. The molecule has 0 unspecified atom stereocenters. The van der Waals surface area contributed by atoms with E-state index in [1.165, 1.54) is 18.5 Å². The average Bonchev–Trinajstić information content (AvgIpc) is 2.69. The normalized spacial score (nSPS) is 10.4. The van der Waals surface area contributed by atoms with Gasteiger partial charge in [-0.3, -0.25) is 4.79 Å². The molecule has 0 aliphatic carbocycles. The fourth-order valence-corrected chi connectivity index (χ4v) is 2.55. The van der Waals surface area contributed by atoms with Gasteiger partial charge in [0, 0.05) is 36.1 Å². The molecule has 1 amide bonds. The quantitative estimate of drug-likeness (QED) is 0.649. The molecule has 27 heavy (non-hydrogen) atoms. The molecule has 1 aromatic heterocycles. The first-order chi connectivity index (χ1) is 13.1. The summed E-state index contributed by atoms with van der Waals surface area (Å²) in [6.07, 6.45) is 3.67. The van der Waals surface area contributed by atoms with Gasteiger partial charge in [0.2, 0.25) is 5.95 Å². The molecule has 0 fully saturated rings. The molecule has 0 spiro atoms. The maximum absolute atomic E-state index is 13.6. The van der Waals surface area contributed by atoms with Crippen molar-refractivity contribution in [2.45, 2.75) is 13.0 Å². The van der Waals surface area contributed by atoms with Gasteiger partial charge >= 0.3 is 0 Å². The van der Waals surface area contributed by atoms with Crippen LogP contribution in [-0.4, -0.2) is 22.4 Å². The van der Waals surface area contributed by atoms with E-state index in [0.29, 0.717) is 28.6 Å². The Morgan fingerprint density at radius 3 is 2.44 bits per heavy atom. The molecule has 2 aromatic carbocycles. The fraction of sp³-hybridized carbons (Fsp3) is 0.150. The average molecular weight is 385 g/mol. The van der Waals surface area contributed by atoms with E-state index in [4.69, 9.17) is 11.6 Å². The molecule has 2 N–H and O–H groups in total. The van der Waals surface area contributed by atoms with Crippen LogP contribution < -0.4 is 10.6 Å². The number of rotatable bonds is 7. The van der Waals surface area contributed by atoms with Crippen LogP contribution in [0, 0.1) is 5.82 Å². The highest BCUT2D eigenvalue weighted by Crippen LogP contribution is 2.10. The monoisotopic (exact) mass is 384 g/mol. The van der Waals surface area contributed by atoms with Crippen LogP contribution in [0.1, 0.15) is 21.5 Å². The summed E-state index contributed by atoms with van der Waals surface area (Å²) in [5.41, 5.74) is 1.89. The summed E-state index contributed by atoms with van der Waals surface area (Å²) in [4.78, 5) is 20.4. The zero-order valence-electron chi connectivity index (χ0n) is 14.5. The Kier molecular flexibility index (Phi) is 6.33. The van der Waals surface area contributed by atoms with Crippen LogP contribution in [0.25, 0.3) is 0 Å². The lowest BCUT2D eigenvalue weighted by molar-refractivity contribution is 0.0950. The summed E-state index contributed by atoms with van der Waals surface area (Å²) in [7, 11) is 0. The second-order valence-electron chi connectivity index (χ2n) is 5.87. The van der Waals surface area contributed by atoms with E-state index in [-0.39, 0.29) is 18.3 Å². The highest BCUT2D eigenvalue weighted by molar-refractivity contribution is 6.30. The third-order valence-electron chi connectivity index (χ3n) is 3.92. The van der Waals surface area contributed by atoms with Crippen molar-refractivity contribution in [1.29, 1.82) is 0 Å². The number of nitrogens with one attached hydrogen (secondary N) is 2. The van der Waals surface area contributed by atoms with Gasteiger partial charge in [-0.1, -0.05) is 41.9 Å². The summed E-state index contributed by atoms with van der Waals surface area (Å²) < 4.78 is 13.6. The number of hydrogen-bond donors (Lipinski definition) is 2. The molecule has 7 heteroatoms. The number of carbonyl (C=O) groups is 1. The van der Waals surface area contributed by atoms with Crippen LogP contribution in [0.3, 0.4) is 0 Å². The Labute approximate surface area is 161 Å². The minimum absolute atomic E-state index is 0.104. The second kappa shape index (κ2) is 9.09. The highest BCUT2D eigenvalue weighted by atomic mass is 35.5. The number of benzene rings is 2. The Morgan fingerprint density at radius 2 is 1.74 bits per heavy atom. The van der Waals surface area contributed by atoms with E-state index in [9.17, 15) is 9.18 Å². The minimum Gasteiger partial charge on any atom is -0.354 e. The van der Waals surface area contributed by atoms with Crippen LogP contribution in [0.2, 0.25) is 5.02 Å². The van der Waals surface area contributed by atoms with Gasteiger partial charge in [-0.05, 0) is 30.2 Å². The van der Waals surface area contributed by atoms with Crippen molar-refractivity contribution in [2.75, 3.05) is 11.9 Å². The first-order valence-electron chi connectivity index (χ1n) is 8.44. The molecule has 0 saturated heterocycles. The van der Waals surface area contributed by atoms with Crippen LogP contribution >= 0.6 is 11.6 Å². The standard InChI is InChI=1S/C20H18ClFN4O/c21-17-7-5-14(6-8-17)9-10-23-20-25-12-16(13-26-20)19(27)24-11-15-3-1-2-4-18(15)22/h1-8,12-13H,9-11H2,(H,24,27)(H,23,25,26). The third kappa shape index (κ3) is 5.49. The van der Waals surface area contributed by atoms with Crippen LogP contribution in [0.4, 0.5) is 10.3 Å². The van der Waals surface area contributed by atoms with Gasteiger partial charge in [0.1, 0.15) is 5.82 Å². The fourth-order valence-electron chi connectivity index (χ4n) is 2.43. The summed E-state index contributed by atoms with van der Waals surface area (Å²) in [5.74, 6) is -0.269. The van der Waals surface area contributed by atoms with E-state index in [0.717, 1.165) is 12.0 Å². The van der Waals surface area contributed by atoms with Crippen molar-refractivity contribution in [1.82, 2.24) is 15.3 Å². The SMILES string of the molecule is O=C(NCc1ccccc1F)c1cnc(NCCc2ccc(Cl)cc2)nc1. The van der Waals surface area contributed by atoms with E-state index in [1.54, 1.807) is 18.2 Å². The molecule has 5 nitrogen and oxygen atoms in total. The van der Waals surface area contributed by atoms with Gasteiger partial charge in [0.05, 0.1) is 5.56 Å². The summed E-state index contributed by atoms with van der Waals surface area (Å²) in [6.45, 7) is 0.757. The van der Waals surface area contributed by atoms with Gasteiger partial charge < -0.3 is 10.6 Å². The van der Waals surface area contributed by atoms with Gasteiger partial charge in [-0.25, -0.2) is 14.4 Å². The summed E-state index contributed by atoms with van der Waals surface area (Å²) in [5, 5.41) is 6.46. The van der Waals surface area contributed by atoms with E-state index in [1.807, 2.05) is 24.3 Å². The maximum Gasteiger partial charge on any atom is 0.254 e. The van der Waals surface area contributed by atoms with Crippen molar-refractivity contribution in [3.8, 4) is 0 Å². The van der Waals surface area contributed by atoms with Gasteiger partial charge in [-0.15, -0.1) is 0 Å². The number of hydrogen-bond acceptors (Lipinski definition) is 4. The number of carbonyl (C=O) groups excluding carboxylic acids is 1. The number of nitrogens with zero attached hydrogens (tertiary/aromatic N) is 2. The zero-order valence-corrected chi connectivity index (χ0v) is 15.2. The van der Waals surface area contributed by atoms with Crippen LogP contribution in [0.5, 0.6) is 0 Å². The molecule has 0 aliphatic heterocycles. The highest BCUT2D eigenvalue weighted by Gasteiger charge is 2.08. The molecular weight excluding hydrogens is 367 g/mol. The lowest BCUT2D eigenvalue weighted by Gasteiger charge is -2.07. The van der Waals surface area contributed by atoms with Crippen LogP contribution in [-0.2, 0) is 13.0 Å². The van der Waals surface area contributed by atoms with Crippen molar-refractivity contribution in [3.05, 3.63) is 88.5 Å². The molecule has 138 valence electrons. The number of amides is 1. The van der Waals surface area contributed by atoms with Crippen molar-refractivity contribution >= 4 is 23.5 Å². The number of aromatic nitrogens is 2. The molecule has 0 aliphatic rings. The molecule has 0 atom stereocenters. The Balaban J connectivity index is 1.48. The first kappa shape index (κ1) is 18.8. The molecule has 3 aromatic rings. The van der Waals surface area contributed by atoms with E-state index < -0.39 is 0 Å². The van der Waals surface area contributed by atoms with Crippen molar-refractivity contribution in [2.24, 2.45) is 0 Å². The molecule has 1 heterocycles. The predicted molar refractivity (Wildman–Crippen MR) is 103 cm³/mol. The second-order valence-corrected chi connectivity index (χ2v) is 6.31. The lowest BCUT2D eigenvalue weighted by Crippen LogP contribution is -2.23. The largest absolute Gasteiger partial charge is 0.354 e. The minimum atomic E-state index is -0.356. The number of halogens is 2. The van der Waals surface area contributed by atoms with Crippen molar-refractivity contribution in [3.63, 3.8) is 0 Å². The third-order valence-corrected chi connectivity index (χ3v) is 4.17. The van der Waals surface area contributed by atoms with E-state index in [2.05, 4.69) is 20.6 Å². The van der Waals surface area contributed by atoms with Crippen molar-refractivity contribution < 1.29 is 9.18 Å². The number of anilines is 1. The molecule has 0 bridgehead atoms. The Bertz CT molecular complexity index is 901. The lowest BCUT2D eigenvalue weighted by atomic mass is 10.1.